The fourth-order valence-electron chi connectivity index (χ4n) is 1.54. The summed E-state index contributed by atoms with van der Waals surface area (Å²) in [6.07, 6.45) is 2.32. The van der Waals surface area contributed by atoms with Gasteiger partial charge in [-0.25, -0.2) is 0 Å². The Bertz CT molecular complexity index is 428. The SMILES string of the molecule is O=CC(=O)C1NCSC1=Cc1ccccc1. The lowest BCUT2D eigenvalue weighted by molar-refractivity contribution is -0.130. The van der Waals surface area contributed by atoms with Crippen LogP contribution in [0.1, 0.15) is 5.56 Å². The maximum absolute atomic E-state index is 11.3. The Morgan fingerprint density at radius 2 is 2.12 bits per heavy atom. The maximum Gasteiger partial charge on any atom is 0.217 e. The van der Waals surface area contributed by atoms with E-state index in [1.165, 1.54) is 0 Å². The summed E-state index contributed by atoms with van der Waals surface area (Å²) in [5.74, 6) is 0.260. The Balaban J connectivity index is 2.23. The second-order valence-electron chi connectivity index (χ2n) is 3.40. The van der Waals surface area contributed by atoms with Crippen molar-refractivity contribution in [2.75, 3.05) is 5.88 Å². The van der Waals surface area contributed by atoms with E-state index in [1.54, 1.807) is 11.8 Å². The second kappa shape index (κ2) is 5.09. The van der Waals surface area contributed by atoms with Gasteiger partial charge < -0.3 is 0 Å². The summed E-state index contributed by atoms with van der Waals surface area (Å²) in [5.41, 5.74) is 1.04. The predicted octanol–water partition coefficient (Wildman–Crippen LogP) is 1.46. The third-order valence-corrected chi connectivity index (χ3v) is 3.32. The number of benzene rings is 1. The first-order valence-corrected chi connectivity index (χ1v) is 5.91. The highest BCUT2D eigenvalue weighted by Gasteiger charge is 2.27. The molecule has 0 amide bonds. The summed E-state index contributed by atoms with van der Waals surface area (Å²) in [4.78, 5) is 22.7. The van der Waals surface area contributed by atoms with Crippen LogP contribution in [0.2, 0.25) is 0 Å². The van der Waals surface area contributed by atoms with Crippen molar-refractivity contribution >= 4 is 29.9 Å². The van der Waals surface area contributed by atoms with E-state index in [0.29, 0.717) is 12.2 Å². The molecule has 1 unspecified atom stereocenters. The lowest BCUT2D eigenvalue weighted by atomic mass is 10.1. The molecule has 1 aromatic carbocycles. The average molecular weight is 233 g/mol. The normalized spacial score (nSPS) is 22.2. The molecule has 1 heterocycles. The van der Waals surface area contributed by atoms with Gasteiger partial charge in [0.2, 0.25) is 5.78 Å². The molecule has 1 fully saturated rings. The molecule has 4 heteroatoms. The number of nitrogens with one attached hydrogen (secondary N) is 1. The van der Waals surface area contributed by atoms with E-state index >= 15 is 0 Å². The molecule has 3 nitrogen and oxygen atoms in total. The van der Waals surface area contributed by atoms with Gasteiger partial charge in [0.05, 0.1) is 0 Å². The molecule has 1 N–H and O–H groups in total. The van der Waals surface area contributed by atoms with Crippen molar-refractivity contribution in [2.45, 2.75) is 6.04 Å². The molecule has 0 saturated carbocycles. The van der Waals surface area contributed by atoms with Gasteiger partial charge >= 0.3 is 0 Å². The van der Waals surface area contributed by atoms with Crippen LogP contribution in [-0.4, -0.2) is 24.0 Å². The van der Waals surface area contributed by atoms with Crippen molar-refractivity contribution in [1.29, 1.82) is 0 Å². The Morgan fingerprint density at radius 3 is 2.81 bits per heavy atom. The summed E-state index contributed by atoms with van der Waals surface area (Å²) in [5, 5.41) is 2.99. The highest BCUT2D eigenvalue weighted by molar-refractivity contribution is 8.03. The largest absolute Gasteiger partial charge is 0.295 e. The molecule has 16 heavy (non-hydrogen) atoms. The predicted molar refractivity (Wildman–Crippen MR) is 64.9 cm³/mol. The van der Waals surface area contributed by atoms with E-state index in [4.69, 9.17) is 0 Å². The highest BCUT2D eigenvalue weighted by atomic mass is 32.2. The van der Waals surface area contributed by atoms with Crippen molar-refractivity contribution in [3.63, 3.8) is 0 Å². The Labute approximate surface area is 97.9 Å². The number of ketones is 1. The molecule has 0 aliphatic carbocycles. The van der Waals surface area contributed by atoms with Gasteiger partial charge in [-0.15, -0.1) is 11.8 Å². The number of thioether (sulfide) groups is 1. The van der Waals surface area contributed by atoms with Crippen LogP contribution in [0, 0.1) is 0 Å². The number of aldehydes is 1. The molecule has 1 saturated heterocycles. The van der Waals surface area contributed by atoms with E-state index in [-0.39, 0.29) is 0 Å². The number of hydrogen-bond acceptors (Lipinski definition) is 4. The fraction of sp³-hybridized carbons (Fsp3) is 0.167. The monoisotopic (exact) mass is 233 g/mol. The van der Waals surface area contributed by atoms with Crippen molar-refractivity contribution in [3.05, 3.63) is 40.8 Å². The average Bonchev–Trinajstić information content (AvgIpc) is 2.77. The zero-order valence-corrected chi connectivity index (χ0v) is 9.37. The zero-order chi connectivity index (χ0) is 11.4. The molecule has 0 bridgehead atoms. The molecule has 1 aromatic rings. The van der Waals surface area contributed by atoms with E-state index in [2.05, 4.69) is 5.32 Å². The molecule has 1 atom stereocenters. The number of rotatable bonds is 3. The topological polar surface area (TPSA) is 46.2 Å². The number of carbonyl (C=O) groups excluding carboxylic acids is 2. The third kappa shape index (κ3) is 2.40. The van der Waals surface area contributed by atoms with E-state index in [0.717, 1.165) is 10.5 Å². The van der Waals surface area contributed by atoms with Gasteiger partial charge in [0.25, 0.3) is 0 Å². The summed E-state index contributed by atoms with van der Waals surface area (Å²) in [6, 6.07) is 9.30. The summed E-state index contributed by atoms with van der Waals surface area (Å²) >= 11 is 1.56. The number of hydrogen-bond donors (Lipinski definition) is 1. The quantitative estimate of drug-likeness (QED) is 0.634. The number of carbonyl (C=O) groups is 2. The van der Waals surface area contributed by atoms with Gasteiger partial charge in [-0.2, -0.15) is 0 Å². The van der Waals surface area contributed by atoms with Crippen LogP contribution in [0.3, 0.4) is 0 Å². The smallest absolute Gasteiger partial charge is 0.217 e. The summed E-state index contributed by atoms with van der Waals surface area (Å²) in [6.45, 7) is 0. The molecule has 0 spiro atoms. The van der Waals surface area contributed by atoms with Crippen molar-refractivity contribution in [1.82, 2.24) is 5.32 Å². The summed E-state index contributed by atoms with van der Waals surface area (Å²) in [7, 11) is 0. The number of Topliss-reactive ketones (excluding diaryl/α,β-unsaturated/α-hetero) is 1. The minimum atomic E-state index is -0.456. The molecule has 2 rings (SSSR count). The zero-order valence-electron chi connectivity index (χ0n) is 8.55. The molecule has 82 valence electrons. The van der Waals surface area contributed by atoms with Crippen LogP contribution in [0.25, 0.3) is 6.08 Å². The van der Waals surface area contributed by atoms with Crippen molar-refractivity contribution < 1.29 is 9.59 Å². The van der Waals surface area contributed by atoms with Crippen molar-refractivity contribution in [2.24, 2.45) is 0 Å². The first kappa shape index (κ1) is 11.1. The Kier molecular flexibility index (Phi) is 3.54. The van der Waals surface area contributed by atoms with E-state index in [1.807, 2.05) is 36.4 Å². The third-order valence-electron chi connectivity index (χ3n) is 2.32. The van der Waals surface area contributed by atoms with Gasteiger partial charge in [-0.3, -0.25) is 14.9 Å². The fourth-order valence-corrected chi connectivity index (χ4v) is 2.54. The standard InChI is InChI=1S/C12H11NO2S/c14-7-10(15)12-11(16-8-13-12)6-9-4-2-1-3-5-9/h1-7,12-13H,8H2. The van der Waals surface area contributed by atoms with Crippen LogP contribution in [0.5, 0.6) is 0 Å². The van der Waals surface area contributed by atoms with Gasteiger partial charge in [0.1, 0.15) is 6.04 Å². The molecule has 1 aliphatic heterocycles. The lowest BCUT2D eigenvalue weighted by Crippen LogP contribution is -2.32. The molecular weight excluding hydrogens is 222 g/mol. The second-order valence-corrected chi connectivity index (χ2v) is 4.45. The highest BCUT2D eigenvalue weighted by Crippen LogP contribution is 2.27. The van der Waals surface area contributed by atoms with Gasteiger partial charge in [-0.1, -0.05) is 30.3 Å². The van der Waals surface area contributed by atoms with Gasteiger partial charge in [0.15, 0.2) is 6.29 Å². The van der Waals surface area contributed by atoms with Crippen LogP contribution in [0.4, 0.5) is 0 Å². The van der Waals surface area contributed by atoms with Crippen LogP contribution in [-0.2, 0) is 9.59 Å². The Hall–Kier alpha value is -1.39. The van der Waals surface area contributed by atoms with Gasteiger partial charge in [0, 0.05) is 10.8 Å². The van der Waals surface area contributed by atoms with Crippen LogP contribution < -0.4 is 5.32 Å². The summed E-state index contributed by atoms with van der Waals surface area (Å²) < 4.78 is 0. The molecule has 1 aliphatic rings. The van der Waals surface area contributed by atoms with Crippen LogP contribution in [0.15, 0.2) is 35.2 Å². The minimum Gasteiger partial charge on any atom is -0.295 e. The molecular formula is C12H11NO2S. The molecule has 0 radical (unpaired) electrons. The lowest BCUT2D eigenvalue weighted by Gasteiger charge is -2.05. The van der Waals surface area contributed by atoms with Crippen molar-refractivity contribution in [3.8, 4) is 0 Å². The first-order valence-electron chi connectivity index (χ1n) is 4.93. The van der Waals surface area contributed by atoms with Gasteiger partial charge in [-0.05, 0) is 11.6 Å². The maximum atomic E-state index is 11.3. The first-order chi connectivity index (χ1) is 7.81. The molecule has 0 aromatic heterocycles. The van der Waals surface area contributed by atoms with E-state index < -0.39 is 11.8 Å². The van der Waals surface area contributed by atoms with Crippen LogP contribution >= 0.6 is 11.8 Å². The van der Waals surface area contributed by atoms with E-state index in [9.17, 15) is 9.59 Å². The Morgan fingerprint density at radius 1 is 1.38 bits per heavy atom. The minimum absolute atomic E-state index is 0.377.